The van der Waals surface area contributed by atoms with Crippen LogP contribution in [0.15, 0.2) is 24.3 Å². The van der Waals surface area contributed by atoms with E-state index in [1.54, 1.807) is 19.2 Å². The van der Waals surface area contributed by atoms with Crippen molar-refractivity contribution in [3.05, 3.63) is 29.8 Å². The summed E-state index contributed by atoms with van der Waals surface area (Å²) in [4.78, 5) is 54.1. The molecular weight excluding hydrogens is 372 g/mol. The number of aryl methyl sites for hydroxylation is 1. The number of amides is 5. The average molecular weight is 400 g/mol. The van der Waals surface area contributed by atoms with Crippen molar-refractivity contribution in [1.82, 2.24) is 14.7 Å². The van der Waals surface area contributed by atoms with E-state index in [-0.39, 0.29) is 24.9 Å². The molecule has 1 aliphatic carbocycles. The maximum absolute atomic E-state index is 13.0. The summed E-state index contributed by atoms with van der Waals surface area (Å²) >= 11 is 0. The molecular formula is C21H28N4O4. The van der Waals surface area contributed by atoms with Gasteiger partial charge in [-0.15, -0.1) is 0 Å². The van der Waals surface area contributed by atoms with Gasteiger partial charge < -0.3 is 15.1 Å². The molecule has 1 aliphatic heterocycles. The van der Waals surface area contributed by atoms with Crippen LogP contribution < -0.4 is 5.32 Å². The highest BCUT2D eigenvalue weighted by molar-refractivity contribution is 6.09. The molecule has 0 aromatic heterocycles. The summed E-state index contributed by atoms with van der Waals surface area (Å²) in [5.41, 5.74) is 0.917. The van der Waals surface area contributed by atoms with E-state index in [1.165, 1.54) is 16.8 Å². The third-order valence-electron chi connectivity index (χ3n) is 5.92. The number of likely N-dealkylation sites (N-methyl/N-ethyl adjacent to an activating group) is 2. The van der Waals surface area contributed by atoms with Gasteiger partial charge in [-0.05, 0) is 31.9 Å². The van der Waals surface area contributed by atoms with Crippen molar-refractivity contribution < 1.29 is 19.2 Å². The zero-order valence-corrected chi connectivity index (χ0v) is 17.2. The van der Waals surface area contributed by atoms with Crippen molar-refractivity contribution in [2.45, 2.75) is 44.6 Å². The van der Waals surface area contributed by atoms with Gasteiger partial charge in [0, 0.05) is 19.8 Å². The molecule has 1 spiro atoms. The Morgan fingerprint density at radius 3 is 2.34 bits per heavy atom. The number of rotatable bonds is 5. The summed E-state index contributed by atoms with van der Waals surface area (Å²) in [6.45, 7) is 1.44. The molecule has 0 bridgehead atoms. The average Bonchev–Trinajstić information content (AvgIpc) is 2.86. The van der Waals surface area contributed by atoms with E-state index >= 15 is 0 Å². The fraction of sp³-hybridized carbons (Fsp3) is 0.524. The van der Waals surface area contributed by atoms with Crippen LogP contribution in [0, 0.1) is 6.92 Å². The van der Waals surface area contributed by atoms with Crippen molar-refractivity contribution >= 4 is 29.4 Å². The van der Waals surface area contributed by atoms with Crippen LogP contribution in [0.1, 0.15) is 37.7 Å². The first-order chi connectivity index (χ1) is 13.7. The first-order valence-corrected chi connectivity index (χ1v) is 9.95. The van der Waals surface area contributed by atoms with Gasteiger partial charge in [-0.1, -0.05) is 37.0 Å². The summed E-state index contributed by atoms with van der Waals surface area (Å²) in [5.74, 6) is -1.09. The number of nitrogens with one attached hydrogen (secondary N) is 1. The molecule has 29 heavy (non-hydrogen) atoms. The summed E-state index contributed by atoms with van der Waals surface area (Å²) in [5, 5.41) is 2.73. The first-order valence-electron chi connectivity index (χ1n) is 9.95. The number of carbonyl (C=O) groups is 4. The Morgan fingerprint density at radius 2 is 1.72 bits per heavy atom. The minimum atomic E-state index is -0.809. The molecule has 8 nitrogen and oxygen atoms in total. The van der Waals surface area contributed by atoms with E-state index in [0.717, 1.165) is 29.7 Å². The summed E-state index contributed by atoms with van der Waals surface area (Å²) in [6, 6.07) is 6.90. The van der Waals surface area contributed by atoms with E-state index < -0.39 is 17.5 Å². The minimum absolute atomic E-state index is 0.163. The number of hydrogen-bond acceptors (Lipinski definition) is 4. The number of benzene rings is 1. The molecule has 1 aromatic carbocycles. The molecule has 156 valence electrons. The van der Waals surface area contributed by atoms with Crippen molar-refractivity contribution in [2.75, 3.05) is 32.5 Å². The summed E-state index contributed by atoms with van der Waals surface area (Å²) in [6.07, 6.45) is 4.10. The quantitative estimate of drug-likeness (QED) is 0.766. The van der Waals surface area contributed by atoms with Gasteiger partial charge in [0.1, 0.15) is 12.1 Å². The second-order valence-electron chi connectivity index (χ2n) is 7.99. The molecule has 0 unspecified atom stereocenters. The fourth-order valence-electron chi connectivity index (χ4n) is 4.07. The lowest BCUT2D eigenvalue weighted by Gasteiger charge is -2.35. The maximum Gasteiger partial charge on any atom is 0.327 e. The van der Waals surface area contributed by atoms with E-state index in [9.17, 15) is 19.2 Å². The third kappa shape index (κ3) is 4.11. The second kappa shape index (κ2) is 8.23. The van der Waals surface area contributed by atoms with Gasteiger partial charge in [-0.25, -0.2) is 4.79 Å². The van der Waals surface area contributed by atoms with Gasteiger partial charge in [0.05, 0.1) is 6.54 Å². The van der Waals surface area contributed by atoms with Crippen LogP contribution in [-0.4, -0.2) is 71.2 Å². The Labute approximate surface area is 170 Å². The topological polar surface area (TPSA) is 90.0 Å². The van der Waals surface area contributed by atoms with E-state index in [0.29, 0.717) is 18.5 Å². The predicted molar refractivity (Wildman–Crippen MR) is 108 cm³/mol. The zero-order valence-electron chi connectivity index (χ0n) is 17.2. The number of urea groups is 1. The van der Waals surface area contributed by atoms with Gasteiger partial charge in [0.25, 0.3) is 5.91 Å². The smallest absolute Gasteiger partial charge is 0.327 e. The fourth-order valence-corrected chi connectivity index (χ4v) is 4.07. The van der Waals surface area contributed by atoms with Crippen LogP contribution in [-0.2, 0) is 14.4 Å². The molecule has 0 atom stereocenters. The maximum atomic E-state index is 13.0. The number of anilines is 1. The lowest BCUT2D eigenvalue weighted by atomic mass is 9.81. The molecule has 1 saturated heterocycles. The Bertz CT molecular complexity index is 814. The van der Waals surface area contributed by atoms with Crippen LogP contribution in [0.25, 0.3) is 0 Å². The SMILES string of the molecule is Cc1ccc(NC(=O)CN(C)C(=O)CN2C(=O)N(C)C3(CCCCC3)C2=O)cc1. The van der Waals surface area contributed by atoms with Gasteiger partial charge >= 0.3 is 6.03 Å². The van der Waals surface area contributed by atoms with Crippen LogP contribution in [0.5, 0.6) is 0 Å². The molecule has 1 heterocycles. The highest BCUT2D eigenvalue weighted by atomic mass is 16.2. The number of carbonyl (C=O) groups excluding carboxylic acids is 4. The lowest BCUT2D eigenvalue weighted by molar-refractivity contribution is -0.140. The van der Waals surface area contributed by atoms with Gasteiger partial charge in [0.2, 0.25) is 11.8 Å². The molecule has 2 aliphatic rings. The molecule has 8 heteroatoms. The summed E-state index contributed by atoms with van der Waals surface area (Å²) in [7, 11) is 3.12. The number of imide groups is 1. The highest BCUT2D eigenvalue weighted by Gasteiger charge is 2.55. The summed E-state index contributed by atoms with van der Waals surface area (Å²) < 4.78 is 0. The van der Waals surface area contributed by atoms with Crippen LogP contribution in [0.3, 0.4) is 0 Å². The Hall–Kier alpha value is -2.90. The molecule has 0 radical (unpaired) electrons. The zero-order chi connectivity index (χ0) is 21.2. The Morgan fingerprint density at radius 1 is 1.10 bits per heavy atom. The molecule has 1 saturated carbocycles. The Kier molecular flexibility index (Phi) is 5.91. The third-order valence-corrected chi connectivity index (χ3v) is 5.92. The molecule has 1 aromatic rings. The van der Waals surface area contributed by atoms with Crippen molar-refractivity contribution in [3.8, 4) is 0 Å². The highest BCUT2D eigenvalue weighted by Crippen LogP contribution is 2.39. The Balaban J connectivity index is 1.59. The van der Waals surface area contributed by atoms with Crippen molar-refractivity contribution in [1.29, 1.82) is 0 Å². The molecule has 3 rings (SSSR count). The van der Waals surface area contributed by atoms with Gasteiger partial charge in [-0.2, -0.15) is 0 Å². The second-order valence-corrected chi connectivity index (χ2v) is 7.99. The van der Waals surface area contributed by atoms with Gasteiger partial charge in [0.15, 0.2) is 0 Å². The lowest BCUT2D eigenvalue weighted by Crippen LogP contribution is -2.49. The molecule has 2 fully saturated rings. The van der Waals surface area contributed by atoms with E-state index in [2.05, 4.69) is 5.32 Å². The van der Waals surface area contributed by atoms with E-state index in [4.69, 9.17) is 0 Å². The molecule has 5 amide bonds. The minimum Gasteiger partial charge on any atom is -0.335 e. The predicted octanol–water partition coefficient (Wildman–Crippen LogP) is 1.99. The standard InChI is InChI=1S/C21H28N4O4/c1-15-7-9-16(10-8-15)22-17(26)13-23(2)18(27)14-25-19(28)21(24(3)20(25)29)11-5-4-6-12-21/h7-10H,4-6,11-14H2,1-3H3,(H,22,26). The monoisotopic (exact) mass is 400 g/mol. The number of nitrogens with zero attached hydrogens (tertiary/aromatic N) is 3. The van der Waals surface area contributed by atoms with Crippen LogP contribution in [0.2, 0.25) is 0 Å². The van der Waals surface area contributed by atoms with E-state index in [1.807, 2.05) is 19.1 Å². The van der Waals surface area contributed by atoms with Crippen molar-refractivity contribution in [2.24, 2.45) is 0 Å². The number of hydrogen-bond donors (Lipinski definition) is 1. The normalized spacial score (nSPS) is 18.3. The van der Waals surface area contributed by atoms with Crippen LogP contribution >= 0.6 is 0 Å². The molecule has 1 N–H and O–H groups in total. The van der Waals surface area contributed by atoms with Gasteiger partial charge in [-0.3, -0.25) is 19.3 Å². The van der Waals surface area contributed by atoms with Crippen LogP contribution in [0.4, 0.5) is 10.5 Å². The largest absolute Gasteiger partial charge is 0.335 e. The first kappa shape index (κ1) is 20.8. The van der Waals surface area contributed by atoms with Crippen molar-refractivity contribution in [3.63, 3.8) is 0 Å².